The third kappa shape index (κ3) is 6.87. The van der Waals surface area contributed by atoms with E-state index in [9.17, 15) is 0 Å². The summed E-state index contributed by atoms with van der Waals surface area (Å²) in [5.74, 6) is 3.50. The van der Waals surface area contributed by atoms with Crippen molar-refractivity contribution in [3.05, 3.63) is 83.9 Å². The Labute approximate surface area is 237 Å². The van der Waals surface area contributed by atoms with Gasteiger partial charge >= 0.3 is 0 Å². The molecule has 0 fully saturated rings. The lowest BCUT2D eigenvalue weighted by Crippen LogP contribution is -2.37. The number of nitrogens with zero attached hydrogens (tertiary/aromatic N) is 3. The molecule has 1 unspecified atom stereocenters. The van der Waals surface area contributed by atoms with E-state index in [1.54, 1.807) is 28.4 Å². The predicted molar refractivity (Wildman–Crippen MR) is 157 cm³/mol. The zero-order valence-electron chi connectivity index (χ0n) is 24.2. The van der Waals surface area contributed by atoms with E-state index in [0.717, 1.165) is 47.7 Å². The first-order valence-corrected chi connectivity index (χ1v) is 13.4. The van der Waals surface area contributed by atoms with Crippen LogP contribution >= 0.6 is 0 Å². The van der Waals surface area contributed by atoms with Crippen molar-refractivity contribution in [2.75, 3.05) is 42.0 Å². The summed E-state index contributed by atoms with van der Waals surface area (Å²) in [6, 6.07) is 24.1. The smallest absolute Gasteiger partial charge is 0.214 e. The van der Waals surface area contributed by atoms with E-state index >= 15 is 0 Å². The van der Waals surface area contributed by atoms with Crippen molar-refractivity contribution in [1.29, 1.82) is 0 Å². The zero-order chi connectivity index (χ0) is 28.5. The van der Waals surface area contributed by atoms with Crippen molar-refractivity contribution in [1.82, 2.24) is 14.7 Å². The van der Waals surface area contributed by atoms with Crippen molar-refractivity contribution in [3.63, 3.8) is 0 Å². The Morgan fingerprint density at radius 1 is 0.750 bits per heavy atom. The van der Waals surface area contributed by atoms with Crippen LogP contribution in [0.1, 0.15) is 24.5 Å². The first-order chi connectivity index (χ1) is 19.5. The monoisotopic (exact) mass is 545 g/mol. The minimum atomic E-state index is -0.135. The summed E-state index contributed by atoms with van der Waals surface area (Å²) in [5.41, 5.74) is 4.03. The molecule has 0 aliphatic rings. The molecule has 0 radical (unpaired) electrons. The Bertz CT molecular complexity index is 1370. The Balaban J connectivity index is 1.56. The molecule has 0 bridgehead atoms. The summed E-state index contributed by atoms with van der Waals surface area (Å²) in [6.07, 6.45) is 1.52. The highest BCUT2D eigenvalue weighted by Crippen LogP contribution is 2.34. The van der Waals surface area contributed by atoms with Gasteiger partial charge in [0, 0.05) is 18.2 Å². The molecule has 0 saturated carbocycles. The summed E-state index contributed by atoms with van der Waals surface area (Å²) in [4.78, 5) is 2.23. The van der Waals surface area contributed by atoms with Gasteiger partial charge in [0.1, 0.15) is 0 Å². The van der Waals surface area contributed by atoms with Gasteiger partial charge in [0.2, 0.25) is 5.88 Å². The Hall–Kier alpha value is -4.17. The van der Waals surface area contributed by atoms with Crippen molar-refractivity contribution in [3.8, 4) is 40.1 Å². The summed E-state index contributed by atoms with van der Waals surface area (Å²) in [5, 5.41) is 4.93. The number of likely N-dealkylation sites (N-methyl/N-ethyl adjacent to an activating group) is 1. The molecule has 0 amide bonds. The van der Waals surface area contributed by atoms with Crippen LogP contribution in [0, 0.1) is 0 Å². The molecule has 4 rings (SSSR count). The van der Waals surface area contributed by atoms with Gasteiger partial charge in [-0.25, -0.2) is 4.68 Å². The van der Waals surface area contributed by atoms with Crippen LogP contribution in [0.15, 0.2) is 72.8 Å². The van der Waals surface area contributed by atoms with Gasteiger partial charge in [-0.15, -0.1) is 0 Å². The Kier molecular flexibility index (Phi) is 9.91. The van der Waals surface area contributed by atoms with Gasteiger partial charge in [-0.2, -0.15) is 5.10 Å². The molecule has 0 spiro atoms. The van der Waals surface area contributed by atoms with Crippen LogP contribution in [0.5, 0.6) is 28.9 Å². The van der Waals surface area contributed by atoms with Crippen molar-refractivity contribution in [2.45, 2.75) is 32.5 Å². The molecule has 3 aromatic carbocycles. The summed E-state index contributed by atoms with van der Waals surface area (Å²) < 4.78 is 30.3. The minimum absolute atomic E-state index is 0.135. The second kappa shape index (κ2) is 13.8. The van der Waals surface area contributed by atoms with E-state index in [1.165, 1.54) is 5.56 Å². The van der Waals surface area contributed by atoms with E-state index in [2.05, 4.69) is 37.1 Å². The van der Waals surface area contributed by atoms with Crippen molar-refractivity contribution >= 4 is 0 Å². The highest BCUT2D eigenvalue weighted by molar-refractivity contribution is 5.65. The van der Waals surface area contributed by atoms with E-state index in [4.69, 9.17) is 28.8 Å². The lowest BCUT2D eigenvalue weighted by Gasteiger charge is -2.28. The fourth-order valence-electron chi connectivity index (χ4n) is 4.61. The molecular formula is C32H39N3O5. The van der Waals surface area contributed by atoms with Crippen LogP contribution in [-0.2, 0) is 13.0 Å². The fourth-order valence-corrected chi connectivity index (χ4v) is 4.61. The summed E-state index contributed by atoms with van der Waals surface area (Å²) in [6.45, 7) is 3.53. The van der Waals surface area contributed by atoms with Gasteiger partial charge < -0.3 is 23.7 Å². The van der Waals surface area contributed by atoms with Gasteiger partial charge in [-0.3, -0.25) is 4.90 Å². The molecule has 212 valence electrons. The molecule has 1 aromatic heterocycles. The van der Waals surface area contributed by atoms with E-state index in [1.807, 2.05) is 59.3 Å². The standard InChI is InChI=1S/C32H39N3O5/c1-7-31(34(2)18-17-23-13-15-27(36-3)29(19-23)38-5)40-32-21-26(25-14-16-28(37-4)30(20-25)39-6)33-35(32)22-24-11-9-8-10-12-24/h8-16,19-21,31H,7,17-18,22H2,1-6H3. The molecule has 8 heteroatoms. The number of ether oxygens (including phenoxy) is 5. The third-order valence-electron chi connectivity index (χ3n) is 6.90. The molecule has 0 saturated heterocycles. The molecule has 1 heterocycles. The number of benzene rings is 3. The van der Waals surface area contributed by atoms with Crippen LogP contribution in [0.4, 0.5) is 0 Å². The average molecular weight is 546 g/mol. The molecule has 0 aliphatic carbocycles. The fraction of sp³-hybridized carbons (Fsp3) is 0.344. The molecule has 0 N–H and O–H groups in total. The lowest BCUT2D eigenvalue weighted by atomic mass is 10.1. The number of rotatable bonds is 14. The van der Waals surface area contributed by atoms with Gasteiger partial charge in [0.25, 0.3) is 0 Å². The maximum atomic E-state index is 6.63. The summed E-state index contributed by atoms with van der Waals surface area (Å²) >= 11 is 0. The second-order valence-electron chi connectivity index (χ2n) is 9.48. The normalized spacial score (nSPS) is 11.8. The Morgan fingerprint density at radius 2 is 1.40 bits per heavy atom. The molecule has 4 aromatic rings. The number of methoxy groups -OCH3 is 4. The minimum Gasteiger partial charge on any atom is -0.493 e. The van der Waals surface area contributed by atoms with Crippen LogP contribution < -0.4 is 23.7 Å². The van der Waals surface area contributed by atoms with Gasteiger partial charge in [-0.05, 0) is 61.3 Å². The van der Waals surface area contributed by atoms with E-state index in [0.29, 0.717) is 23.9 Å². The van der Waals surface area contributed by atoms with Crippen LogP contribution in [-0.4, -0.2) is 62.9 Å². The predicted octanol–water partition coefficient (Wildman–Crippen LogP) is 5.92. The molecule has 1 atom stereocenters. The number of hydrogen-bond acceptors (Lipinski definition) is 7. The van der Waals surface area contributed by atoms with Gasteiger partial charge in [0.05, 0.1) is 40.7 Å². The van der Waals surface area contributed by atoms with Gasteiger partial charge in [0.15, 0.2) is 29.2 Å². The maximum Gasteiger partial charge on any atom is 0.214 e. The SMILES string of the molecule is CCC(Oc1cc(-c2ccc(OC)c(OC)c2)nn1Cc1ccccc1)N(C)CCc1ccc(OC)c(OC)c1. The highest BCUT2D eigenvalue weighted by atomic mass is 16.5. The Morgan fingerprint density at radius 3 is 2.05 bits per heavy atom. The van der Waals surface area contributed by atoms with Crippen molar-refractivity contribution in [2.24, 2.45) is 0 Å². The number of hydrogen-bond donors (Lipinski definition) is 0. The van der Waals surface area contributed by atoms with Crippen molar-refractivity contribution < 1.29 is 23.7 Å². The maximum absolute atomic E-state index is 6.63. The summed E-state index contributed by atoms with van der Waals surface area (Å²) in [7, 11) is 8.65. The van der Waals surface area contributed by atoms with E-state index < -0.39 is 0 Å². The highest BCUT2D eigenvalue weighted by Gasteiger charge is 2.20. The first-order valence-electron chi connectivity index (χ1n) is 13.4. The molecular weight excluding hydrogens is 506 g/mol. The van der Waals surface area contributed by atoms with Crippen LogP contribution in [0.3, 0.4) is 0 Å². The molecule has 0 aliphatic heterocycles. The largest absolute Gasteiger partial charge is 0.493 e. The zero-order valence-corrected chi connectivity index (χ0v) is 24.2. The third-order valence-corrected chi connectivity index (χ3v) is 6.90. The lowest BCUT2D eigenvalue weighted by molar-refractivity contribution is 0.0349. The topological polar surface area (TPSA) is 67.2 Å². The van der Waals surface area contributed by atoms with E-state index in [-0.39, 0.29) is 6.23 Å². The van der Waals surface area contributed by atoms with Crippen LogP contribution in [0.25, 0.3) is 11.3 Å². The molecule has 40 heavy (non-hydrogen) atoms. The van der Waals surface area contributed by atoms with Crippen LogP contribution in [0.2, 0.25) is 0 Å². The molecule has 8 nitrogen and oxygen atoms in total. The number of aromatic nitrogens is 2. The second-order valence-corrected chi connectivity index (χ2v) is 9.48. The average Bonchev–Trinajstić information content (AvgIpc) is 3.40. The quantitative estimate of drug-likeness (QED) is 0.182. The first kappa shape index (κ1) is 28.8. The van der Waals surface area contributed by atoms with Gasteiger partial charge in [-0.1, -0.05) is 43.3 Å².